The molecule has 1 atom stereocenters. The van der Waals surface area contributed by atoms with Crippen LogP contribution < -0.4 is 5.73 Å². The number of halogens is 1. The molecular formula is C9H13ClN2O2S. The molecule has 0 aliphatic heterocycles. The quantitative estimate of drug-likeness (QED) is 0.661. The van der Waals surface area contributed by atoms with Gasteiger partial charge in [-0.25, -0.2) is 0 Å². The maximum Gasteiger partial charge on any atom is 0.324 e. The van der Waals surface area contributed by atoms with Crippen LogP contribution in [0.4, 0.5) is 5.00 Å². The number of hydrogen-bond acceptors (Lipinski definition) is 4. The molecule has 1 aliphatic carbocycles. The molecule has 15 heavy (non-hydrogen) atoms. The first kappa shape index (κ1) is 12.4. The molecule has 1 aliphatic rings. The summed E-state index contributed by atoms with van der Waals surface area (Å²) in [5.41, 5.74) is 6.92. The maximum absolute atomic E-state index is 10.5. The van der Waals surface area contributed by atoms with Gasteiger partial charge in [-0.15, -0.1) is 12.4 Å². The van der Waals surface area contributed by atoms with Gasteiger partial charge < -0.3 is 5.73 Å². The summed E-state index contributed by atoms with van der Waals surface area (Å²) in [4.78, 5) is 10.1. The largest absolute Gasteiger partial charge is 0.324 e. The standard InChI is InChI=1S/C9H12N2O2S.ClH/c10-9(6-2-1-3-6)7-4-8(11(12)13)14-5-7;/h4-6,9H,1-3,10H2;1H/t9-;/m1./s1. The van der Waals surface area contributed by atoms with Crippen LogP contribution in [0.2, 0.25) is 0 Å². The van der Waals surface area contributed by atoms with E-state index in [-0.39, 0.29) is 28.4 Å². The van der Waals surface area contributed by atoms with Crippen molar-refractivity contribution in [2.24, 2.45) is 11.7 Å². The van der Waals surface area contributed by atoms with Gasteiger partial charge in [-0.05, 0) is 24.3 Å². The number of nitro groups is 1. The van der Waals surface area contributed by atoms with Crippen molar-refractivity contribution in [3.05, 3.63) is 27.1 Å². The molecule has 1 heterocycles. The van der Waals surface area contributed by atoms with Crippen LogP contribution in [-0.2, 0) is 0 Å². The van der Waals surface area contributed by atoms with E-state index in [1.54, 1.807) is 11.4 Å². The van der Waals surface area contributed by atoms with Crippen molar-refractivity contribution in [3.63, 3.8) is 0 Å². The topological polar surface area (TPSA) is 69.2 Å². The minimum Gasteiger partial charge on any atom is -0.324 e. The van der Waals surface area contributed by atoms with Gasteiger partial charge >= 0.3 is 5.00 Å². The molecule has 0 saturated heterocycles. The summed E-state index contributed by atoms with van der Waals surface area (Å²) >= 11 is 1.16. The number of nitrogens with two attached hydrogens (primary N) is 1. The summed E-state index contributed by atoms with van der Waals surface area (Å²) in [6.45, 7) is 0. The normalized spacial score (nSPS) is 17.7. The molecule has 1 saturated carbocycles. The fourth-order valence-corrected chi connectivity index (χ4v) is 2.45. The van der Waals surface area contributed by atoms with E-state index >= 15 is 0 Å². The Hall–Kier alpha value is -0.650. The van der Waals surface area contributed by atoms with Gasteiger partial charge in [0.15, 0.2) is 0 Å². The Kier molecular flexibility index (Phi) is 4.07. The molecule has 84 valence electrons. The third kappa shape index (κ3) is 2.48. The highest BCUT2D eigenvalue weighted by molar-refractivity contribution is 7.13. The van der Waals surface area contributed by atoms with E-state index in [1.807, 2.05) is 0 Å². The predicted octanol–water partition coefficient (Wildman–Crippen LogP) is 2.88. The van der Waals surface area contributed by atoms with Crippen LogP contribution in [0.15, 0.2) is 11.4 Å². The van der Waals surface area contributed by atoms with E-state index in [9.17, 15) is 10.1 Å². The molecule has 1 aromatic heterocycles. The molecule has 2 rings (SSSR count). The highest BCUT2D eigenvalue weighted by atomic mass is 35.5. The first-order valence-corrected chi connectivity index (χ1v) is 5.55. The van der Waals surface area contributed by atoms with Gasteiger partial charge in [0.2, 0.25) is 0 Å². The Balaban J connectivity index is 0.00000112. The molecule has 1 aromatic rings. The number of hydrogen-bond donors (Lipinski definition) is 1. The highest BCUT2D eigenvalue weighted by Gasteiger charge is 2.27. The zero-order valence-electron chi connectivity index (χ0n) is 8.09. The summed E-state index contributed by atoms with van der Waals surface area (Å²) in [7, 11) is 0. The SMILES string of the molecule is Cl.N[C@@H](c1csc([N+](=O)[O-])c1)C1CCC1. The van der Waals surface area contributed by atoms with E-state index < -0.39 is 0 Å². The fourth-order valence-electron chi connectivity index (χ4n) is 1.68. The third-order valence-corrected chi connectivity index (χ3v) is 3.73. The van der Waals surface area contributed by atoms with Crippen molar-refractivity contribution in [2.45, 2.75) is 25.3 Å². The molecule has 0 radical (unpaired) electrons. The summed E-state index contributed by atoms with van der Waals surface area (Å²) in [5, 5.41) is 12.5. The molecular weight excluding hydrogens is 236 g/mol. The lowest BCUT2D eigenvalue weighted by Gasteiger charge is -2.30. The van der Waals surface area contributed by atoms with Crippen LogP contribution >= 0.6 is 23.7 Å². The molecule has 0 amide bonds. The predicted molar refractivity (Wildman–Crippen MR) is 62.5 cm³/mol. The molecule has 0 spiro atoms. The van der Waals surface area contributed by atoms with Gasteiger partial charge in [0, 0.05) is 17.5 Å². The molecule has 2 N–H and O–H groups in total. The number of rotatable bonds is 3. The molecule has 0 aromatic carbocycles. The number of nitrogens with zero attached hydrogens (tertiary/aromatic N) is 1. The van der Waals surface area contributed by atoms with Gasteiger partial charge in [-0.1, -0.05) is 17.8 Å². The van der Waals surface area contributed by atoms with Crippen LogP contribution in [0, 0.1) is 16.0 Å². The minimum atomic E-state index is -0.359. The Morgan fingerprint density at radius 1 is 1.60 bits per heavy atom. The second kappa shape index (κ2) is 4.92. The second-order valence-corrected chi connectivity index (χ2v) is 4.58. The summed E-state index contributed by atoms with van der Waals surface area (Å²) in [5.74, 6) is 0.532. The average molecular weight is 249 g/mol. The number of thiophene rings is 1. The van der Waals surface area contributed by atoms with E-state index in [2.05, 4.69) is 0 Å². The van der Waals surface area contributed by atoms with Gasteiger partial charge in [0.25, 0.3) is 0 Å². The van der Waals surface area contributed by atoms with Crippen LogP contribution in [0.25, 0.3) is 0 Å². The summed E-state index contributed by atoms with van der Waals surface area (Å²) < 4.78 is 0. The van der Waals surface area contributed by atoms with Crippen molar-refractivity contribution >= 4 is 28.7 Å². The Morgan fingerprint density at radius 2 is 2.27 bits per heavy atom. The van der Waals surface area contributed by atoms with E-state index in [0.717, 1.165) is 29.7 Å². The first-order valence-electron chi connectivity index (χ1n) is 4.67. The minimum absolute atomic E-state index is 0. The fraction of sp³-hybridized carbons (Fsp3) is 0.556. The van der Waals surface area contributed by atoms with E-state index in [1.165, 1.54) is 6.42 Å². The summed E-state index contributed by atoms with van der Waals surface area (Å²) in [6.07, 6.45) is 3.56. The van der Waals surface area contributed by atoms with Gasteiger partial charge in [0.1, 0.15) is 0 Å². The van der Waals surface area contributed by atoms with Gasteiger partial charge in [0.05, 0.1) is 4.92 Å². The van der Waals surface area contributed by atoms with Crippen molar-refractivity contribution in [1.29, 1.82) is 0 Å². The maximum atomic E-state index is 10.5. The average Bonchev–Trinajstić information content (AvgIpc) is 2.48. The van der Waals surface area contributed by atoms with Crippen molar-refractivity contribution < 1.29 is 4.92 Å². The molecule has 6 heteroatoms. The lowest BCUT2D eigenvalue weighted by atomic mass is 9.78. The monoisotopic (exact) mass is 248 g/mol. The first-order chi connectivity index (χ1) is 6.68. The third-order valence-electron chi connectivity index (χ3n) is 2.83. The van der Waals surface area contributed by atoms with Crippen molar-refractivity contribution in [1.82, 2.24) is 0 Å². The molecule has 4 nitrogen and oxygen atoms in total. The Morgan fingerprint density at radius 3 is 2.67 bits per heavy atom. The molecule has 0 unspecified atom stereocenters. The summed E-state index contributed by atoms with van der Waals surface area (Å²) in [6, 6.07) is 1.60. The Labute approximate surface area is 98.0 Å². The van der Waals surface area contributed by atoms with E-state index in [4.69, 9.17) is 5.73 Å². The van der Waals surface area contributed by atoms with Gasteiger partial charge in [-0.3, -0.25) is 10.1 Å². The van der Waals surface area contributed by atoms with Crippen LogP contribution in [0.1, 0.15) is 30.9 Å². The van der Waals surface area contributed by atoms with Crippen molar-refractivity contribution in [3.8, 4) is 0 Å². The smallest absolute Gasteiger partial charge is 0.324 e. The van der Waals surface area contributed by atoms with Crippen molar-refractivity contribution in [2.75, 3.05) is 0 Å². The second-order valence-electron chi connectivity index (χ2n) is 3.69. The molecule has 0 bridgehead atoms. The van der Waals surface area contributed by atoms with Crippen LogP contribution in [0.3, 0.4) is 0 Å². The lowest BCUT2D eigenvalue weighted by molar-refractivity contribution is -0.380. The zero-order chi connectivity index (χ0) is 10.1. The zero-order valence-corrected chi connectivity index (χ0v) is 9.72. The van der Waals surface area contributed by atoms with Gasteiger partial charge in [-0.2, -0.15) is 0 Å². The van der Waals surface area contributed by atoms with Crippen LogP contribution in [-0.4, -0.2) is 4.92 Å². The lowest BCUT2D eigenvalue weighted by Crippen LogP contribution is -2.26. The molecule has 1 fully saturated rings. The van der Waals surface area contributed by atoms with E-state index in [0.29, 0.717) is 5.92 Å². The van der Waals surface area contributed by atoms with Crippen LogP contribution in [0.5, 0.6) is 0 Å². The Bertz CT molecular complexity index is 352. The highest BCUT2D eigenvalue weighted by Crippen LogP contribution is 2.38.